The van der Waals surface area contributed by atoms with E-state index >= 15 is 0 Å². The van der Waals surface area contributed by atoms with Crippen molar-refractivity contribution in [1.29, 1.82) is 0 Å². The van der Waals surface area contributed by atoms with Crippen LogP contribution < -0.4 is 5.32 Å². The second-order valence-electron chi connectivity index (χ2n) is 7.98. The summed E-state index contributed by atoms with van der Waals surface area (Å²) in [7, 11) is 0. The van der Waals surface area contributed by atoms with Crippen molar-refractivity contribution in [1.82, 2.24) is 9.97 Å². The van der Waals surface area contributed by atoms with Crippen LogP contribution in [0.5, 0.6) is 0 Å². The topological polar surface area (TPSA) is 68.0 Å². The fourth-order valence-corrected chi connectivity index (χ4v) is 4.41. The molecule has 0 spiro atoms. The van der Waals surface area contributed by atoms with Gasteiger partial charge in [-0.1, -0.05) is 49.2 Å². The van der Waals surface area contributed by atoms with Crippen molar-refractivity contribution in [2.75, 3.05) is 5.32 Å². The Labute approximate surface area is 175 Å². The Kier molecular flexibility index (Phi) is 4.58. The highest BCUT2D eigenvalue weighted by Gasteiger charge is 2.42. The number of benzene rings is 2. The first-order valence-electron chi connectivity index (χ1n) is 10.4. The van der Waals surface area contributed by atoms with Crippen LogP contribution in [0.25, 0.3) is 22.7 Å². The molecule has 1 amide bonds. The minimum atomic E-state index is -0.467. The summed E-state index contributed by atoms with van der Waals surface area (Å²) in [6.45, 7) is 2.00. The van der Waals surface area contributed by atoms with Crippen LogP contribution in [0, 0.1) is 6.92 Å². The molecule has 2 aromatic heterocycles. The van der Waals surface area contributed by atoms with Gasteiger partial charge in [-0.2, -0.15) is 4.98 Å². The Morgan fingerprint density at radius 1 is 1.03 bits per heavy atom. The van der Waals surface area contributed by atoms with Gasteiger partial charge in [0.2, 0.25) is 11.8 Å². The molecule has 4 aromatic rings. The fraction of sp³-hybridized carbons (Fsp3) is 0.240. The minimum Gasteiger partial charge on any atom is -0.434 e. The molecule has 1 fully saturated rings. The second-order valence-corrected chi connectivity index (χ2v) is 7.98. The molecule has 1 aliphatic carbocycles. The van der Waals surface area contributed by atoms with Gasteiger partial charge in [0.25, 0.3) is 0 Å². The molecule has 5 nitrogen and oxygen atoms in total. The first-order chi connectivity index (χ1) is 14.7. The number of rotatable bonds is 4. The van der Waals surface area contributed by atoms with Gasteiger partial charge in [-0.3, -0.25) is 4.79 Å². The molecule has 30 heavy (non-hydrogen) atoms. The number of anilines is 1. The van der Waals surface area contributed by atoms with Gasteiger partial charge in [0.15, 0.2) is 11.2 Å². The number of pyridine rings is 1. The molecule has 0 radical (unpaired) electrons. The van der Waals surface area contributed by atoms with E-state index in [9.17, 15) is 4.79 Å². The summed E-state index contributed by atoms with van der Waals surface area (Å²) in [6, 6.07) is 19.7. The van der Waals surface area contributed by atoms with Gasteiger partial charge in [0.1, 0.15) is 0 Å². The number of aromatic nitrogens is 2. The van der Waals surface area contributed by atoms with E-state index in [1.165, 1.54) is 0 Å². The van der Waals surface area contributed by atoms with Crippen molar-refractivity contribution in [2.24, 2.45) is 0 Å². The largest absolute Gasteiger partial charge is 0.434 e. The Morgan fingerprint density at radius 2 is 1.83 bits per heavy atom. The SMILES string of the molecule is Cc1ccc(-c2nc3ncccc3o2)cc1NC(=O)C1(c2ccccc2)CCCC1. The molecule has 2 heterocycles. The number of hydrogen-bond donors (Lipinski definition) is 1. The molecule has 0 saturated heterocycles. The number of carbonyl (C=O) groups is 1. The van der Waals surface area contributed by atoms with E-state index in [-0.39, 0.29) is 5.91 Å². The van der Waals surface area contributed by atoms with Crippen molar-refractivity contribution in [3.8, 4) is 11.5 Å². The summed E-state index contributed by atoms with van der Waals surface area (Å²) in [6.07, 6.45) is 5.57. The zero-order valence-electron chi connectivity index (χ0n) is 16.9. The third-order valence-corrected chi connectivity index (χ3v) is 6.12. The van der Waals surface area contributed by atoms with Crippen molar-refractivity contribution in [2.45, 2.75) is 38.0 Å². The number of nitrogens with one attached hydrogen (secondary N) is 1. The number of oxazole rings is 1. The monoisotopic (exact) mass is 397 g/mol. The van der Waals surface area contributed by atoms with Gasteiger partial charge in [-0.25, -0.2) is 4.98 Å². The molecule has 1 saturated carbocycles. The number of nitrogens with zero attached hydrogens (tertiary/aromatic N) is 2. The predicted molar refractivity (Wildman–Crippen MR) is 117 cm³/mol. The summed E-state index contributed by atoms with van der Waals surface area (Å²) in [5.74, 6) is 0.559. The minimum absolute atomic E-state index is 0.0608. The lowest BCUT2D eigenvalue weighted by atomic mass is 9.78. The maximum atomic E-state index is 13.5. The van der Waals surface area contributed by atoms with Gasteiger partial charge in [0.05, 0.1) is 5.41 Å². The highest BCUT2D eigenvalue weighted by molar-refractivity contribution is 6.00. The molecule has 0 atom stereocenters. The summed E-state index contributed by atoms with van der Waals surface area (Å²) in [5.41, 5.74) is 4.45. The summed E-state index contributed by atoms with van der Waals surface area (Å²) >= 11 is 0. The van der Waals surface area contributed by atoms with E-state index in [2.05, 4.69) is 27.4 Å². The normalized spacial score (nSPS) is 15.4. The van der Waals surface area contributed by atoms with Crippen molar-refractivity contribution >= 4 is 22.8 Å². The molecule has 0 unspecified atom stereocenters. The molecule has 5 heteroatoms. The van der Waals surface area contributed by atoms with Crippen LogP contribution >= 0.6 is 0 Å². The molecule has 1 aliphatic rings. The fourth-order valence-electron chi connectivity index (χ4n) is 4.41. The lowest BCUT2D eigenvalue weighted by Gasteiger charge is -2.28. The third-order valence-electron chi connectivity index (χ3n) is 6.12. The van der Waals surface area contributed by atoms with Gasteiger partial charge < -0.3 is 9.73 Å². The van der Waals surface area contributed by atoms with Crippen LogP contribution in [0.4, 0.5) is 5.69 Å². The van der Waals surface area contributed by atoms with Crippen LogP contribution in [-0.4, -0.2) is 15.9 Å². The van der Waals surface area contributed by atoms with Crippen LogP contribution in [0.3, 0.4) is 0 Å². The van der Waals surface area contributed by atoms with Gasteiger partial charge in [-0.05, 0) is 55.2 Å². The van der Waals surface area contributed by atoms with Crippen LogP contribution in [0.2, 0.25) is 0 Å². The Morgan fingerprint density at radius 3 is 2.60 bits per heavy atom. The first kappa shape index (κ1) is 18.6. The molecule has 150 valence electrons. The predicted octanol–water partition coefficient (Wildman–Crippen LogP) is 5.65. The Balaban J connectivity index is 1.48. The first-order valence-corrected chi connectivity index (χ1v) is 10.4. The number of hydrogen-bond acceptors (Lipinski definition) is 4. The quantitative estimate of drug-likeness (QED) is 0.483. The van der Waals surface area contributed by atoms with E-state index < -0.39 is 5.41 Å². The molecular weight excluding hydrogens is 374 g/mol. The number of carbonyl (C=O) groups excluding carboxylic acids is 1. The molecule has 2 aromatic carbocycles. The third kappa shape index (κ3) is 3.16. The van der Waals surface area contributed by atoms with Crippen LogP contribution in [0.1, 0.15) is 36.8 Å². The molecule has 0 bridgehead atoms. The number of fused-ring (bicyclic) bond motifs is 1. The summed E-state index contributed by atoms with van der Waals surface area (Å²) in [4.78, 5) is 22.2. The maximum absolute atomic E-state index is 13.5. The Bertz CT molecular complexity index is 1170. The van der Waals surface area contributed by atoms with Gasteiger partial charge in [-0.15, -0.1) is 0 Å². The average Bonchev–Trinajstić information content (AvgIpc) is 3.44. The van der Waals surface area contributed by atoms with Crippen molar-refractivity contribution in [3.63, 3.8) is 0 Å². The molecular formula is C25H23N3O2. The zero-order chi connectivity index (χ0) is 20.6. The summed E-state index contributed by atoms with van der Waals surface area (Å²) < 4.78 is 5.86. The van der Waals surface area contributed by atoms with E-state index in [4.69, 9.17) is 4.42 Å². The van der Waals surface area contributed by atoms with Gasteiger partial charge >= 0.3 is 0 Å². The zero-order valence-corrected chi connectivity index (χ0v) is 16.9. The number of aryl methyl sites for hydroxylation is 1. The summed E-state index contributed by atoms with van der Waals surface area (Å²) in [5, 5.41) is 3.21. The smallest absolute Gasteiger partial charge is 0.235 e. The van der Waals surface area contributed by atoms with E-state index in [1.807, 2.05) is 55.5 Å². The highest BCUT2D eigenvalue weighted by Crippen LogP contribution is 2.42. The van der Waals surface area contributed by atoms with E-state index in [0.717, 1.165) is 48.1 Å². The van der Waals surface area contributed by atoms with Crippen molar-refractivity contribution < 1.29 is 9.21 Å². The van der Waals surface area contributed by atoms with E-state index in [1.54, 1.807) is 6.20 Å². The van der Waals surface area contributed by atoms with E-state index in [0.29, 0.717) is 17.1 Å². The lowest BCUT2D eigenvalue weighted by molar-refractivity contribution is -0.121. The lowest BCUT2D eigenvalue weighted by Crippen LogP contribution is -2.38. The maximum Gasteiger partial charge on any atom is 0.235 e. The second kappa shape index (κ2) is 7.41. The highest BCUT2D eigenvalue weighted by atomic mass is 16.3. The average molecular weight is 397 g/mol. The number of amides is 1. The standard InChI is InChI=1S/C25H23N3O2/c1-17-11-12-18(23-28-22-21(30-23)10-7-15-26-22)16-20(17)27-24(29)25(13-5-6-14-25)19-8-3-2-4-9-19/h2-4,7-12,15-16H,5-6,13-14H2,1H3,(H,27,29). The molecule has 0 aliphatic heterocycles. The van der Waals surface area contributed by atoms with Crippen LogP contribution in [-0.2, 0) is 10.2 Å². The van der Waals surface area contributed by atoms with Crippen molar-refractivity contribution in [3.05, 3.63) is 78.0 Å². The molecule has 1 N–H and O–H groups in total. The Hall–Kier alpha value is -3.47. The van der Waals surface area contributed by atoms with Gasteiger partial charge in [0, 0.05) is 17.4 Å². The molecule has 5 rings (SSSR count). The van der Waals surface area contributed by atoms with Crippen LogP contribution in [0.15, 0.2) is 71.3 Å².